The predicted molar refractivity (Wildman–Crippen MR) is 72.6 cm³/mol. The molecule has 1 aliphatic heterocycles. The monoisotopic (exact) mass is 251 g/mol. The van der Waals surface area contributed by atoms with E-state index in [1.165, 1.54) is 18.7 Å². The number of hydrogen-bond acceptors (Lipinski definition) is 3. The number of ether oxygens (including phenoxy) is 1. The van der Waals surface area contributed by atoms with Crippen LogP contribution < -0.4 is 5.32 Å². The van der Waals surface area contributed by atoms with Gasteiger partial charge in [0.05, 0.1) is 6.61 Å². The first-order valence-electron chi connectivity index (χ1n) is 7.00. The van der Waals surface area contributed by atoms with E-state index in [0.29, 0.717) is 5.41 Å². The van der Waals surface area contributed by atoms with Gasteiger partial charge in [0.1, 0.15) is 5.82 Å². The maximum atomic E-state index is 5.62. The number of rotatable bonds is 7. The summed E-state index contributed by atoms with van der Waals surface area (Å²) in [6, 6.07) is 0. The molecule has 1 aromatic heterocycles. The molecule has 1 aliphatic rings. The summed E-state index contributed by atoms with van der Waals surface area (Å²) < 4.78 is 7.74. The van der Waals surface area contributed by atoms with E-state index in [1.807, 2.05) is 12.4 Å². The van der Waals surface area contributed by atoms with Crippen LogP contribution in [0.3, 0.4) is 0 Å². The van der Waals surface area contributed by atoms with Gasteiger partial charge < -0.3 is 14.6 Å². The fourth-order valence-electron chi connectivity index (χ4n) is 2.62. The van der Waals surface area contributed by atoms with Crippen LogP contribution in [0.4, 0.5) is 0 Å². The minimum atomic E-state index is 0.321. The average molecular weight is 251 g/mol. The molecule has 0 saturated carbocycles. The summed E-state index contributed by atoms with van der Waals surface area (Å²) >= 11 is 0. The first-order valence-corrected chi connectivity index (χ1v) is 7.00. The molecule has 0 spiro atoms. The highest BCUT2D eigenvalue weighted by atomic mass is 16.5. The maximum absolute atomic E-state index is 5.62. The Morgan fingerprint density at radius 1 is 1.56 bits per heavy atom. The van der Waals surface area contributed by atoms with Crippen molar-refractivity contribution in [3.8, 4) is 0 Å². The molecule has 2 rings (SSSR count). The molecule has 0 radical (unpaired) electrons. The molecule has 1 fully saturated rings. The van der Waals surface area contributed by atoms with E-state index in [2.05, 4.69) is 28.8 Å². The summed E-state index contributed by atoms with van der Waals surface area (Å²) in [5.41, 5.74) is 0.321. The standard InChI is InChI=1S/C14H25N3O/c1-3-7-15-11-14(6-10-18-12-14)5-4-13-16-8-9-17(13)2/h8-9,15H,3-7,10-12H2,1-2H3. The quantitative estimate of drug-likeness (QED) is 0.751. The molecule has 1 N–H and O–H groups in total. The number of aryl methyl sites for hydroxylation is 2. The number of hydrogen-bond donors (Lipinski definition) is 1. The molecular weight excluding hydrogens is 226 g/mol. The Labute approximate surface area is 110 Å². The predicted octanol–water partition coefficient (Wildman–Crippen LogP) is 1.76. The Kier molecular flexibility index (Phi) is 4.78. The molecular formula is C14H25N3O. The van der Waals surface area contributed by atoms with Crippen molar-refractivity contribution in [2.75, 3.05) is 26.3 Å². The number of aromatic nitrogens is 2. The third kappa shape index (κ3) is 3.33. The van der Waals surface area contributed by atoms with Crippen LogP contribution >= 0.6 is 0 Å². The molecule has 2 heterocycles. The molecule has 4 nitrogen and oxygen atoms in total. The molecule has 1 atom stereocenters. The second kappa shape index (κ2) is 6.34. The molecule has 0 amide bonds. The SMILES string of the molecule is CCCNCC1(CCc2nccn2C)CCOC1. The van der Waals surface area contributed by atoms with Gasteiger partial charge >= 0.3 is 0 Å². The number of nitrogens with one attached hydrogen (secondary N) is 1. The van der Waals surface area contributed by atoms with Crippen molar-refractivity contribution >= 4 is 0 Å². The largest absolute Gasteiger partial charge is 0.381 e. The lowest BCUT2D eigenvalue weighted by molar-refractivity contribution is 0.143. The van der Waals surface area contributed by atoms with Crippen LogP contribution in [0.25, 0.3) is 0 Å². The molecule has 1 unspecified atom stereocenters. The Bertz CT molecular complexity index is 356. The highest BCUT2D eigenvalue weighted by Gasteiger charge is 2.34. The van der Waals surface area contributed by atoms with Gasteiger partial charge in [-0.05, 0) is 25.8 Å². The van der Waals surface area contributed by atoms with E-state index in [1.54, 1.807) is 0 Å². The lowest BCUT2D eigenvalue weighted by atomic mass is 9.82. The molecule has 18 heavy (non-hydrogen) atoms. The van der Waals surface area contributed by atoms with Gasteiger partial charge in [0.25, 0.3) is 0 Å². The Morgan fingerprint density at radius 2 is 2.44 bits per heavy atom. The third-order valence-electron chi connectivity index (χ3n) is 3.91. The highest BCUT2D eigenvalue weighted by Crippen LogP contribution is 2.32. The first kappa shape index (κ1) is 13.6. The van der Waals surface area contributed by atoms with Crippen LogP contribution in [0.15, 0.2) is 12.4 Å². The molecule has 0 aromatic carbocycles. The van der Waals surface area contributed by atoms with Crippen molar-refractivity contribution in [3.63, 3.8) is 0 Å². The third-order valence-corrected chi connectivity index (χ3v) is 3.91. The summed E-state index contributed by atoms with van der Waals surface area (Å²) in [4.78, 5) is 4.41. The van der Waals surface area contributed by atoms with Crippen molar-refractivity contribution in [2.24, 2.45) is 12.5 Å². The lowest BCUT2D eigenvalue weighted by Gasteiger charge is -2.27. The summed E-state index contributed by atoms with van der Waals surface area (Å²) in [5.74, 6) is 1.18. The zero-order chi connectivity index (χ0) is 12.8. The zero-order valence-corrected chi connectivity index (χ0v) is 11.6. The lowest BCUT2D eigenvalue weighted by Crippen LogP contribution is -2.36. The molecule has 0 bridgehead atoms. The second-order valence-corrected chi connectivity index (χ2v) is 5.43. The van der Waals surface area contributed by atoms with Gasteiger partial charge in [0.15, 0.2) is 0 Å². The van der Waals surface area contributed by atoms with Gasteiger partial charge in [-0.3, -0.25) is 0 Å². The van der Waals surface area contributed by atoms with Gasteiger partial charge in [-0.2, -0.15) is 0 Å². The molecule has 4 heteroatoms. The summed E-state index contributed by atoms with van der Waals surface area (Å²) in [6.07, 6.45) is 8.46. The van der Waals surface area contributed by atoms with Gasteiger partial charge in [0, 0.05) is 44.4 Å². The Hall–Kier alpha value is -0.870. The summed E-state index contributed by atoms with van der Waals surface area (Å²) in [7, 11) is 2.06. The van der Waals surface area contributed by atoms with E-state index in [4.69, 9.17) is 4.74 Å². The van der Waals surface area contributed by atoms with E-state index >= 15 is 0 Å². The van der Waals surface area contributed by atoms with Crippen molar-refractivity contribution in [1.29, 1.82) is 0 Å². The number of imidazole rings is 1. The van der Waals surface area contributed by atoms with Gasteiger partial charge in [-0.15, -0.1) is 0 Å². The van der Waals surface area contributed by atoms with E-state index in [0.717, 1.165) is 39.1 Å². The Balaban J connectivity index is 1.88. The molecule has 1 aromatic rings. The van der Waals surface area contributed by atoms with Crippen molar-refractivity contribution in [2.45, 2.75) is 32.6 Å². The van der Waals surface area contributed by atoms with Crippen LogP contribution in [0, 0.1) is 5.41 Å². The fourth-order valence-corrected chi connectivity index (χ4v) is 2.62. The summed E-state index contributed by atoms with van der Waals surface area (Å²) in [5, 5.41) is 3.56. The van der Waals surface area contributed by atoms with Gasteiger partial charge in [0.2, 0.25) is 0 Å². The van der Waals surface area contributed by atoms with Gasteiger partial charge in [-0.1, -0.05) is 6.92 Å². The van der Waals surface area contributed by atoms with Crippen molar-refractivity contribution < 1.29 is 4.74 Å². The van der Waals surface area contributed by atoms with Crippen molar-refractivity contribution in [1.82, 2.24) is 14.9 Å². The van der Waals surface area contributed by atoms with E-state index in [9.17, 15) is 0 Å². The minimum absolute atomic E-state index is 0.321. The van der Waals surface area contributed by atoms with Crippen LogP contribution in [0.1, 0.15) is 32.0 Å². The average Bonchev–Trinajstić information content (AvgIpc) is 2.97. The maximum Gasteiger partial charge on any atom is 0.108 e. The smallest absolute Gasteiger partial charge is 0.108 e. The summed E-state index contributed by atoms with van der Waals surface area (Å²) in [6.45, 7) is 6.19. The van der Waals surface area contributed by atoms with Crippen LogP contribution in [-0.4, -0.2) is 35.9 Å². The van der Waals surface area contributed by atoms with E-state index in [-0.39, 0.29) is 0 Å². The Morgan fingerprint density at radius 3 is 3.06 bits per heavy atom. The molecule has 0 aliphatic carbocycles. The van der Waals surface area contributed by atoms with E-state index < -0.39 is 0 Å². The second-order valence-electron chi connectivity index (χ2n) is 5.43. The molecule has 1 saturated heterocycles. The topological polar surface area (TPSA) is 39.1 Å². The van der Waals surface area contributed by atoms with Crippen LogP contribution in [-0.2, 0) is 18.2 Å². The molecule has 102 valence electrons. The van der Waals surface area contributed by atoms with Crippen LogP contribution in [0.5, 0.6) is 0 Å². The first-order chi connectivity index (χ1) is 8.76. The van der Waals surface area contributed by atoms with Gasteiger partial charge in [-0.25, -0.2) is 4.98 Å². The van der Waals surface area contributed by atoms with Crippen molar-refractivity contribution in [3.05, 3.63) is 18.2 Å². The highest BCUT2D eigenvalue weighted by molar-refractivity contribution is 4.95. The normalized spacial score (nSPS) is 23.7. The fraction of sp³-hybridized carbons (Fsp3) is 0.786. The zero-order valence-electron chi connectivity index (χ0n) is 11.6. The number of nitrogens with zero attached hydrogens (tertiary/aromatic N) is 2. The van der Waals surface area contributed by atoms with Crippen LogP contribution in [0.2, 0.25) is 0 Å². The minimum Gasteiger partial charge on any atom is -0.381 e.